The Bertz CT molecular complexity index is 848. The Labute approximate surface area is 174 Å². The van der Waals surface area contributed by atoms with Gasteiger partial charge in [-0.15, -0.1) is 0 Å². The quantitative estimate of drug-likeness (QED) is 0.826. The molecular weight excluding hydrogens is 360 g/mol. The van der Waals surface area contributed by atoms with E-state index in [9.17, 15) is 9.59 Å². The van der Waals surface area contributed by atoms with Gasteiger partial charge >= 0.3 is 0 Å². The zero-order valence-corrected chi connectivity index (χ0v) is 18.0. The van der Waals surface area contributed by atoms with Crippen molar-refractivity contribution in [1.29, 1.82) is 0 Å². The van der Waals surface area contributed by atoms with Crippen LogP contribution >= 0.6 is 0 Å². The first-order chi connectivity index (χ1) is 13.8. The summed E-state index contributed by atoms with van der Waals surface area (Å²) in [4.78, 5) is 27.9. The highest BCUT2D eigenvalue weighted by Crippen LogP contribution is 2.24. The average molecular weight is 393 g/mol. The normalized spacial score (nSPS) is 17.4. The zero-order chi connectivity index (χ0) is 21.0. The lowest BCUT2D eigenvalue weighted by atomic mass is 9.86. The Morgan fingerprint density at radius 3 is 2.31 bits per heavy atom. The van der Waals surface area contributed by atoms with E-state index in [2.05, 4.69) is 50.4 Å². The number of amides is 2. The molecule has 0 aliphatic carbocycles. The van der Waals surface area contributed by atoms with Gasteiger partial charge in [0.25, 0.3) is 5.91 Å². The number of carbonyl (C=O) groups excluding carboxylic acids is 2. The molecule has 2 aromatic rings. The maximum Gasteiger partial charge on any atom is 0.254 e. The summed E-state index contributed by atoms with van der Waals surface area (Å²) < 4.78 is 0. The van der Waals surface area contributed by atoms with Gasteiger partial charge in [0.1, 0.15) is 6.04 Å². The smallest absolute Gasteiger partial charge is 0.254 e. The topological polar surface area (TPSA) is 49.4 Å². The summed E-state index contributed by atoms with van der Waals surface area (Å²) in [6.07, 6.45) is 2.59. The average Bonchev–Trinajstić information content (AvgIpc) is 2.90. The van der Waals surface area contributed by atoms with Crippen LogP contribution in [0.2, 0.25) is 0 Å². The first kappa shape index (κ1) is 21.1. The van der Waals surface area contributed by atoms with Gasteiger partial charge in [-0.25, -0.2) is 0 Å². The fourth-order valence-corrected chi connectivity index (χ4v) is 3.71. The van der Waals surface area contributed by atoms with Crippen molar-refractivity contribution in [1.82, 2.24) is 10.2 Å². The molecule has 0 aromatic heterocycles. The van der Waals surface area contributed by atoms with Crippen molar-refractivity contribution in [2.24, 2.45) is 0 Å². The zero-order valence-electron chi connectivity index (χ0n) is 18.0. The molecule has 1 aliphatic rings. The molecule has 0 saturated carbocycles. The van der Waals surface area contributed by atoms with E-state index >= 15 is 0 Å². The van der Waals surface area contributed by atoms with Gasteiger partial charge in [-0.1, -0.05) is 62.7 Å². The molecule has 4 heteroatoms. The van der Waals surface area contributed by atoms with Crippen LogP contribution in [-0.2, 0) is 16.8 Å². The largest absolute Gasteiger partial charge is 0.354 e. The van der Waals surface area contributed by atoms with Crippen molar-refractivity contribution < 1.29 is 9.59 Å². The SMILES string of the molecule is Cc1ccc(C(=O)N(Cc2ccc(C(C)(C)C)cc2)C2CCCCNC2=O)cc1. The molecule has 0 spiro atoms. The van der Waals surface area contributed by atoms with Gasteiger partial charge in [-0.3, -0.25) is 9.59 Å². The molecule has 4 nitrogen and oxygen atoms in total. The number of rotatable bonds is 4. The molecule has 1 saturated heterocycles. The summed E-state index contributed by atoms with van der Waals surface area (Å²) >= 11 is 0. The maximum absolute atomic E-state index is 13.4. The first-order valence-corrected chi connectivity index (χ1v) is 10.5. The lowest BCUT2D eigenvalue weighted by molar-refractivity contribution is -0.125. The van der Waals surface area contributed by atoms with Crippen LogP contribution in [0.1, 0.15) is 67.1 Å². The Morgan fingerprint density at radius 2 is 1.69 bits per heavy atom. The van der Waals surface area contributed by atoms with E-state index in [0.29, 0.717) is 25.1 Å². The summed E-state index contributed by atoms with van der Waals surface area (Å²) in [5.41, 5.74) is 4.11. The van der Waals surface area contributed by atoms with Crippen molar-refractivity contribution in [2.75, 3.05) is 6.54 Å². The van der Waals surface area contributed by atoms with Gasteiger partial charge < -0.3 is 10.2 Å². The molecule has 2 aromatic carbocycles. The molecule has 1 aliphatic heterocycles. The highest BCUT2D eigenvalue weighted by atomic mass is 16.2. The second-order valence-corrected chi connectivity index (χ2v) is 9.05. The highest BCUT2D eigenvalue weighted by molar-refractivity contribution is 5.97. The van der Waals surface area contributed by atoms with Gasteiger partial charge in [0.2, 0.25) is 5.91 Å². The Morgan fingerprint density at radius 1 is 1.03 bits per heavy atom. The van der Waals surface area contributed by atoms with Crippen LogP contribution in [0.15, 0.2) is 48.5 Å². The molecule has 0 bridgehead atoms. The van der Waals surface area contributed by atoms with Crippen molar-refractivity contribution in [2.45, 2.75) is 65.0 Å². The van der Waals surface area contributed by atoms with E-state index < -0.39 is 6.04 Å². The number of aryl methyl sites for hydroxylation is 1. The number of nitrogens with one attached hydrogen (secondary N) is 1. The Kier molecular flexibility index (Phi) is 6.41. The molecule has 1 heterocycles. The lowest BCUT2D eigenvalue weighted by Gasteiger charge is -2.30. The molecule has 1 atom stereocenters. The van der Waals surface area contributed by atoms with E-state index in [1.807, 2.05) is 31.2 Å². The Balaban J connectivity index is 1.90. The molecule has 3 rings (SSSR count). The van der Waals surface area contributed by atoms with Crippen LogP contribution in [0.25, 0.3) is 0 Å². The number of benzene rings is 2. The Hall–Kier alpha value is -2.62. The minimum absolute atomic E-state index is 0.0470. The molecule has 154 valence electrons. The summed E-state index contributed by atoms with van der Waals surface area (Å²) in [6, 6.07) is 15.5. The number of nitrogens with zero attached hydrogens (tertiary/aromatic N) is 1. The molecule has 1 fully saturated rings. The van der Waals surface area contributed by atoms with Crippen LogP contribution in [0.5, 0.6) is 0 Å². The minimum Gasteiger partial charge on any atom is -0.354 e. The number of hydrogen-bond acceptors (Lipinski definition) is 2. The third-order valence-corrected chi connectivity index (χ3v) is 5.61. The van der Waals surface area contributed by atoms with Gasteiger partial charge in [-0.2, -0.15) is 0 Å². The molecular formula is C25H32N2O2. The monoisotopic (exact) mass is 392 g/mol. The van der Waals surface area contributed by atoms with Gasteiger partial charge in [-0.05, 0) is 54.9 Å². The van der Waals surface area contributed by atoms with Crippen molar-refractivity contribution in [3.05, 3.63) is 70.8 Å². The standard InChI is InChI=1S/C25H32N2O2/c1-18-8-12-20(13-9-18)24(29)27(22-7-5-6-16-26-23(22)28)17-19-10-14-21(15-11-19)25(2,3)4/h8-15,22H,5-7,16-17H2,1-4H3,(H,26,28). The fraction of sp³-hybridized carbons (Fsp3) is 0.440. The van der Waals surface area contributed by atoms with Crippen LogP contribution < -0.4 is 5.32 Å². The predicted molar refractivity (Wildman–Crippen MR) is 117 cm³/mol. The van der Waals surface area contributed by atoms with Crippen LogP contribution in [0.3, 0.4) is 0 Å². The van der Waals surface area contributed by atoms with Crippen molar-refractivity contribution in [3.63, 3.8) is 0 Å². The van der Waals surface area contributed by atoms with Crippen LogP contribution in [0.4, 0.5) is 0 Å². The third kappa shape index (κ3) is 5.26. The summed E-state index contributed by atoms with van der Waals surface area (Å²) in [5, 5.41) is 2.97. The first-order valence-electron chi connectivity index (χ1n) is 10.5. The van der Waals surface area contributed by atoms with Crippen LogP contribution in [0, 0.1) is 6.92 Å². The van der Waals surface area contributed by atoms with Gasteiger partial charge in [0.05, 0.1) is 0 Å². The van der Waals surface area contributed by atoms with Crippen LogP contribution in [-0.4, -0.2) is 29.3 Å². The second-order valence-electron chi connectivity index (χ2n) is 9.05. The lowest BCUT2D eigenvalue weighted by Crippen LogP contribution is -2.48. The van der Waals surface area contributed by atoms with Gasteiger partial charge in [0, 0.05) is 18.7 Å². The van der Waals surface area contributed by atoms with Gasteiger partial charge in [0.15, 0.2) is 0 Å². The highest BCUT2D eigenvalue weighted by Gasteiger charge is 2.31. The number of hydrogen-bond donors (Lipinski definition) is 1. The second kappa shape index (κ2) is 8.81. The molecule has 1 N–H and O–H groups in total. The molecule has 1 unspecified atom stereocenters. The van der Waals surface area contributed by atoms with E-state index in [1.54, 1.807) is 4.90 Å². The molecule has 29 heavy (non-hydrogen) atoms. The van der Waals surface area contributed by atoms with Crippen molar-refractivity contribution >= 4 is 11.8 Å². The third-order valence-electron chi connectivity index (χ3n) is 5.61. The summed E-state index contributed by atoms with van der Waals surface area (Å²) in [6.45, 7) is 9.67. The maximum atomic E-state index is 13.4. The van der Waals surface area contributed by atoms with Crippen molar-refractivity contribution in [3.8, 4) is 0 Å². The summed E-state index contributed by atoms with van der Waals surface area (Å²) in [5.74, 6) is -0.138. The number of carbonyl (C=O) groups is 2. The van der Waals surface area contributed by atoms with E-state index in [4.69, 9.17) is 0 Å². The van der Waals surface area contributed by atoms with E-state index in [-0.39, 0.29) is 17.2 Å². The van der Waals surface area contributed by atoms with E-state index in [0.717, 1.165) is 24.0 Å². The minimum atomic E-state index is -0.436. The molecule has 0 radical (unpaired) electrons. The van der Waals surface area contributed by atoms with E-state index in [1.165, 1.54) is 5.56 Å². The predicted octanol–water partition coefficient (Wildman–Crippen LogP) is 4.60. The molecule has 2 amide bonds. The fourth-order valence-electron chi connectivity index (χ4n) is 3.71. The summed E-state index contributed by atoms with van der Waals surface area (Å²) in [7, 11) is 0.